The van der Waals surface area contributed by atoms with E-state index in [2.05, 4.69) is 10.3 Å². The second kappa shape index (κ2) is 6.22. The second-order valence-corrected chi connectivity index (χ2v) is 5.76. The first-order valence-corrected chi connectivity index (χ1v) is 7.29. The zero-order valence-corrected chi connectivity index (χ0v) is 12.8. The van der Waals surface area contributed by atoms with Gasteiger partial charge in [0, 0.05) is 23.7 Å². The van der Waals surface area contributed by atoms with Crippen LogP contribution in [0.3, 0.4) is 0 Å². The van der Waals surface area contributed by atoms with E-state index in [1.807, 2.05) is 38.1 Å². The molecule has 1 aromatic carbocycles. The fourth-order valence-electron chi connectivity index (χ4n) is 2.19. The molecule has 112 valence electrons. The highest BCUT2D eigenvalue weighted by molar-refractivity contribution is 5.97. The number of carbonyl (C=O) groups excluding carboxylic acids is 1. The molecule has 0 aliphatic carbocycles. The van der Waals surface area contributed by atoms with Crippen molar-refractivity contribution in [2.45, 2.75) is 32.8 Å². The molecule has 2 atom stereocenters. The number of amides is 1. The van der Waals surface area contributed by atoms with Crippen molar-refractivity contribution in [3.05, 3.63) is 42.1 Å². The Kier molecular flexibility index (Phi) is 4.58. The standard InChI is InChI=1S/C17H22N2O2/c1-4-12(2)17(3,21)11-19-16(20)14-7-8-15-13(10-14)6-5-9-18-15/h5-10,12,21H,4,11H2,1-3H3,(H,19,20). The molecule has 0 spiro atoms. The van der Waals surface area contributed by atoms with Gasteiger partial charge in [0.1, 0.15) is 0 Å². The fourth-order valence-corrected chi connectivity index (χ4v) is 2.19. The van der Waals surface area contributed by atoms with Crippen molar-refractivity contribution in [2.75, 3.05) is 6.54 Å². The van der Waals surface area contributed by atoms with Gasteiger partial charge < -0.3 is 10.4 Å². The van der Waals surface area contributed by atoms with E-state index in [-0.39, 0.29) is 18.4 Å². The molecule has 2 rings (SSSR count). The smallest absolute Gasteiger partial charge is 0.251 e. The Hall–Kier alpha value is -1.94. The predicted molar refractivity (Wildman–Crippen MR) is 84.2 cm³/mol. The van der Waals surface area contributed by atoms with Crippen LogP contribution in [0.4, 0.5) is 0 Å². The Morgan fingerprint density at radius 3 is 2.90 bits per heavy atom. The lowest BCUT2D eigenvalue weighted by Crippen LogP contribution is -2.45. The van der Waals surface area contributed by atoms with E-state index in [9.17, 15) is 9.90 Å². The maximum absolute atomic E-state index is 12.2. The summed E-state index contributed by atoms with van der Waals surface area (Å²) in [5.74, 6) is -0.0528. The molecule has 1 aromatic heterocycles. The van der Waals surface area contributed by atoms with Gasteiger partial charge in [0.05, 0.1) is 11.1 Å². The molecule has 0 fully saturated rings. The second-order valence-electron chi connectivity index (χ2n) is 5.76. The molecular weight excluding hydrogens is 264 g/mol. The maximum Gasteiger partial charge on any atom is 0.251 e. The summed E-state index contributed by atoms with van der Waals surface area (Å²) in [7, 11) is 0. The van der Waals surface area contributed by atoms with Crippen LogP contribution in [0, 0.1) is 5.92 Å². The first-order chi connectivity index (χ1) is 9.94. The van der Waals surface area contributed by atoms with Crippen molar-refractivity contribution in [1.82, 2.24) is 10.3 Å². The predicted octanol–water partition coefficient (Wildman–Crippen LogP) is 2.76. The lowest BCUT2D eigenvalue weighted by Gasteiger charge is -2.29. The number of hydrogen-bond donors (Lipinski definition) is 2. The highest BCUT2D eigenvalue weighted by Gasteiger charge is 2.27. The van der Waals surface area contributed by atoms with E-state index in [0.717, 1.165) is 17.3 Å². The minimum absolute atomic E-state index is 0.124. The van der Waals surface area contributed by atoms with Gasteiger partial charge >= 0.3 is 0 Å². The van der Waals surface area contributed by atoms with Crippen LogP contribution >= 0.6 is 0 Å². The highest BCUT2D eigenvalue weighted by atomic mass is 16.3. The molecule has 2 unspecified atom stereocenters. The number of benzene rings is 1. The topological polar surface area (TPSA) is 62.2 Å². The maximum atomic E-state index is 12.2. The molecule has 0 aliphatic rings. The Labute approximate surface area is 125 Å². The van der Waals surface area contributed by atoms with Crippen LogP contribution in [-0.4, -0.2) is 28.1 Å². The molecule has 1 amide bonds. The minimum Gasteiger partial charge on any atom is -0.388 e. The number of pyridine rings is 1. The molecule has 0 aliphatic heterocycles. The van der Waals surface area contributed by atoms with Crippen molar-refractivity contribution < 1.29 is 9.90 Å². The van der Waals surface area contributed by atoms with Crippen LogP contribution in [0.2, 0.25) is 0 Å². The van der Waals surface area contributed by atoms with Crippen LogP contribution in [0.5, 0.6) is 0 Å². The van der Waals surface area contributed by atoms with E-state index >= 15 is 0 Å². The van der Waals surface area contributed by atoms with Gasteiger partial charge in [0.25, 0.3) is 5.91 Å². The number of hydrogen-bond acceptors (Lipinski definition) is 3. The summed E-state index contributed by atoms with van der Waals surface area (Å²) in [6.45, 7) is 6.00. The third-order valence-corrected chi connectivity index (χ3v) is 4.15. The van der Waals surface area contributed by atoms with Crippen LogP contribution in [0.1, 0.15) is 37.6 Å². The van der Waals surface area contributed by atoms with Crippen molar-refractivity contribution in [3.8, 4) is 0 Å². The molecule has 4 heteroatoms. The largest absolute Gasteiger partial charge is 0.388 e. The molecule has 0 bridgehead atoms. The SMILES string of the molecule is CCC(C)C(C)(O)CNC(=O)c1ccc2ncccc2c1. The van der Waals surface area contributed by atoms with Gasteiger partial charge in [-0.15, -0.1) is 0 Å². The number of aliphatic hydroxyl groups is 1. The number of nitrogens with one attached hydrogen (secondary N) is 1. The van der Waals surface area contributed by atoms with Crippen molar-refractivity contribution >= 4 is 16.8 Å². The van der Waals surface area contributed by atoms with Gasteiger partial charge in [-0.2, -0.15) is 0 Å². The normalized spacial score (nSPS) is 15.4. The molecule has 0 radical (unpaired) electrons. The average molecular weight is 286 g/mol. The van der Waals surface area contributed by atoms with Gasteiger partial charge in [-0.25, -0.2) is 0 Å². The Morgan fingerprint density at radius 2 is 2.19 bits per heavy atom. The van der Waals surface area contributed by atoms with E-state index < -0.39 is 5.60 Å². The number of carbonyl (C=O) groups is 1. The molecular formula is C17H22N2O2. The van der Waals surface area contributed by atoms with Gasteiger partial charge in [-0.1, -0.05) is 26.3 Å². The van der Waals surface area contributed by atoms with Crippen LogP contribution < -0.4 is 5.32 Å². The minimum atomic E-state index is -0.900. The zero-order chi connectivity index (χ0) is 15.5. The van der Waals surface area contributed by atoms with Gasteiger partial charge in [0.2, 0.25) is 0 Å². The Morgan fingerprint density at radius 1 is 1.43 bits per heavy atom. The number of nitrogens with zero attached hydrogens (tertiary/aromatic N) is 1. The number of aromatic nitrogens is 1. The Balaban J connectivity index is 2.08. The zero-order valence-electron chi connectivity index (χ0n) is 12.8. The van der Waals surface area contributed by atoms with Gasteiger partial charge in [-0.3, -0.25) is 9.78 Å². The summed E-state index contributed by atoms with van der Waals surface area (Å²) in [5, 5.41) is 14.1. The quantitative estimate of drug-likeness (QED) is 0.888. The van der Waals surface area contributed by atoms with Crippen molar-refractivity contribution in [2.24, 2.45) is 5.92 Å². The van der Waals surface area contributed by atoms with E-state index in [4.69, 9.17) is 0 Å². The van der Waals surface area contributed by atoms with E-state index in [1.54, 1.807) is 19.2 Å². The van der Waals surface area contributed by atoms with E-state index in [0.29, 0.717) is 5.56 Å². The summed E-state index contributed by atoms with van der Waals surface area (Å²) in [6, 6.07) is 9.17. The fraction of sp³-hybridized carbons (Fsp3) is 0.412. The third-order valence-electron chi connectivity index (χ3n) is 4.15. The lowest BCUT2D eigenvalue weighted by atomic mass is 9.88. The van der Waals surface area contributed by atoms with Crippen molar-refractivity contribution in [1.29, 1.82) is 0 Å². The van der Waals surface area contributed by atoms with Gasteiger partial charge in [-0.05, 0) is 37.1 Å². The monoisotopic (exact) mass is 286 g/mol. The van der Waals surface area contributed by atoms with E-state index in [1.165, 1.54) is 0 Å². The summed E-state index contributed by atoms with van der Waals surface area (Å²) in [4.78, 5) is 16.4. The summed E-state index contributed by atoms with van der Waals surface area (Å²) < 4.78 is 0. The molecule has 1 heterocycles. The van der Waals surface area contributed by atoms with Crippen molar-refractivity contribution in [3.63, 3.8) is 0 Å². The lowest BCUT2D eigenvalue weighted by molar-refractivity contribution is 0.00593. The third kappa shape index (κ3) is 3.58. The Bertz CT molecular complexity index is 637. The molecule has 0 saturated heterocycles. The first kappa shape index (κ1) is 15.4. The molecule has 2 N–H and O–H groups in total. The molecule has 21 heavy (non-hydrogen) atoms. The molecule has 0 saturated carbocycles. The summed E-state index contributed by atoms with van der Waals surface area (Å²) in [5.41, 5.74) is 0.541. The van der Waals surface area contributed by atoms with Gasteiger partial charge in [0.15, 0.2) is 0 Å². The highest BCUT2D eigenvalue weighted by Crippen LogP contribution is 2.19. The number of fused-ring (bicyclic) bond motifs is 1. The average Bonchev–Trinajstić information content (AvgIpc) is 2.51. The summed E-state index contributed by atoms with van der Waals surface area (Å²) >= 11 is 0. The molecule has 2 aromatic rings. The van der Waals surface area contributed by atoms with Crippen LogP contribution in [0.15, 0.2) is 36.5 Å². The first-order valence-electron chi connectivity index (χ1n) is 7.29. The summed E-state index contributed by atoms with van der Waals surface area (Å²) in [6.07, 6.45) is 2.59. The molecule has 4 nitrogen and oxygen atoms in total. The van der Waals surface area contributed by atoms with Crippen LogP contribution in [0.25, 0.3) is 10.9 Å². The van der Waals surface area contributed by atoms with Crippen LogP contribution in [-0.2, 0) is 0 Å². The number of rotatable bonds is 5.